The lowest BCUT2D eigenvalue weighted by atomic mass is 10.0. The molecule has 1 rings (SSSR count). The number of rotatable bonds is 10. The first-order valence-electron chi connectivity index (χ1n) is 8.68. The van der Waals surface area contributed by atoms with Gasteiger partial charge in [0.25, 0.3) is 0 Å². The van der Waals surface area contributed by atoms with Crippen molar-refractivity contribution in [2.75, 3.05) is 0 Å². The molecule has 26 heavy (non-hydrogen) atoms. The van der Waals surface area contributed by atoms with E-state index in [-0.39, 0.29) is 24.7 Å². The summed E-state index contributed by atoms with van der Waals surface area (Å²) in [5.41, 5.74) is 6.48. The lowest BCUT2D eigenvalue weighted by Gasteiger charge is -2.24. The third-order valence-corrected chi connectivity index (χ3v) is 3.95. The Labute approximate surface area is 153 Å². The predicted octanol–water partition coefficient (Wildman–Crippen LogP) is 0.0358. The quantitative estimate of drug-likeness (QED) is 0.394. The number of nitrogens with two attached hydrogens (primary N) is 1. The maximum atomic E-state index is 12.6. The van der Waals surface area contributed by atoms with Crippen molar-refractivity contribution in [3.05, 3.63) is 18.2 Å². The third-order valence-electron chi connectivity index (χ3n) is 3.95. The fourth-order valence-corrected chi connectivity index (χ4v) is 2.36. The Morgan fingerprint density at radius 1 is 1.15 bits per heavy atom. The molecule has 0 saturated carbocycles. The van der Waals surface area contributed by atoms with E-state index in [1.165, 1.54) is 12.5 Å². The normalized spacial score (nSPS) is 14.7. The van der Waals surface area contributed by atoms with Crippen molar-refractivity contribution in [3.8, 4) is 0 Å². The topological polar surface area (TPSA) is 150 Å². The molecule has 1 aromatic rings. The van der Waals surface area contributed by atoms with Gasteiger partial charge in [0.1, 0.15) is 12.1 Å². The summed E-state index contributed by atoms with van der Waals surface area (Å²) in [6, 6.07) is -2.75. The SMILES string of the molecule is CC(C)CC(NC(=O)C(Cc1cnc[nH]1)NC(=O)C(N)C(C)C)C(=O)O. The number of carboxylic acid groups (broad SMARTS) is 1. The minimum absolute atomic E-state index is 0.0893. The average Bonchev–Trinajstić information content (AvgIpc) is 3.04. The van der Waals surface area contributed by atoms with Gasteiger partial charge >= 0.3 is 5.97 Å². The molecule has 0 fully saturated rings. The molecule has 0 aliphatic carbocycles. The number of hydrogen-bond donors (Lipinski definition) is 5. The Bertz CT molecular complexity index is 600. The number of imidazole rings is 1. The van der Waals surface area contributed by atoms with E-state index in [2.05, 4.69) is 20.6 Å². The van der Waals surface area contributed by atoms with Crippen LogP contribution < -0.4 is 16.4 Å². The highest BCUT2D eigenvalue weighted by Gasteiger charge is 2.29. The number of aromatic nitrogens is 2. The second-order valence-corrected chi connectivity index (χ2v) is 7.14. The van der Waals surface area contributed by atoms with Crippen molar-refractivity contribution >= 4 is 17.8 Å². The predicted molar refractivity (Wildman–Crippen MR) is 96.1 cm³/mol. The first-order valence-corrected chi connectivity index (χ1v) is 8.68. The minimum Gasteiger partial charge on any atom is -0.480 e. The van der Waals surface area contributed by atoms with E-state index in [9.17, 15) is 19.5 Å². The van der Waals surface area contributed by atoms with Crippen molar-refractivity contribution in [1.82, 2.24) is 20.6 Å². The third kappa shape index (κ3) is 6.83. The summed E-state index contributed by atoms with van der Waals surface area (Å²) < 4.78 is 0. The molecule has 3 unspecified atom stereocenters. The zero-order valence-electron chi connectivity index (χ0n) is 15.7. The Morgan fingerprint density at radius 2 is 1.77 bits per heavy atom. The van der Waals surface area contributed by atoms with E-state index in [1.54, 1.807) is 13.8 Å². The Morgan fingerprint density at radius 3 is 2.23 bits per heavy atom. The van der Waals surface area contributed by atoms with Gasteiger partial charge in [0.05, 0.1) is 12.4 Å². The Hall–Kier alpha value is -2.42. The van der Waals surface area contributed by atoms with E-state index in [0.717, 1.165) is 0 Å². The van der Waals surface area contributed by atoms with Gasteiger partial charge in [-0.3, -0.25) is 9.59 Å². The standard InChI is InChI=1S/C17H29N5O4/c1-9(2)5-13(17(25)26)22-15(23)12(6-11-7-19-8-20-11)21-16(24)14(18)10(3)4/h7-10,12-14H,5-6,18H2,1-4H3,(H,19,20)(H,21,24)(H,22,23)(H,25,26). The lowest BCUT2D eigenvalue weighted by Crippen LogP contribution is -2.56. The molecule has 0 aromatic carbocycles. The summed E-state index contributed by atoms with van der Waals surface area (Å²) >= 11 is 0. The molecule has 9 nitrogen and oxygen atoms in total. The molecule has 0 radical (unpaired) electrons. The summed E-state index contributed by atoms with van der Waals surface area (Å²) in [5.74, 6) is -2.16. The Kier molecular flexibility index (Phi) is 8.24. The van der Waals surface area contributed by atoms with Gasteiger partial charge in [0.15, 0.2) is 0 Å². The first-order chi connectivity index (χ1) is 12.1. The summed E-state index contributed by atoms with van der Waals surface area (Å²) in [5, 5.41) is 14.4. The second kappa shape index (κ2) is 9.91. The van der Waals surface area contributed by atoms with Crippen LogP contribution in [-0.4, -0.2) is 51.0 Å². The number of carbonyl (C=O) groups excluding carboxylic acids is 2. The summed E-state index contributed by atoms with van der Waals surface area (Å²) in [7, 11) is 0. The van der Waals surface area contributed by atoms with E-state index in [1.807, 2.05) is 13.8 Å². The number of H-pyrrole nitrogens is 1. The van der Waals surface area contributed by atoms with Crippen LogP contribution in [0.4, 0.5) is 0 Å². The fourth-order valence-electron chi connectivity index (χ4n) is 2.36. The van der Waals surface area contributed by atoms with Gasteiger partial charge in [-0.05, 0) is 18.3 Å². The molecule has 0 bridgehead atoms. The van der Waals surface area contributed by atoms with Crippen LogP contribution in [0.3, 0.4) is 0 Å². The number of aliphatic carboxylic acids is 1. The number of hydrogen-bond acceptors (Lipinski definition) is 5. The molecule has 0 aliphatic heterocycles. The van der Waals surface area contributed by atoms with Gasteiger partial charge in [-0.1, -0.05) is 27.7 Å². The van der Waals surface area contributed by atoms with Crippen LogP contribution in [-0.2, 0) is 20.8 Å². The second-order valence-electron chi connectivity index (χ2n) is 7.14. The molecule has 9 heteroatoms. The fraction of sp³-hybridized carbons (Fsp3) is 0.647. The molecular weight excluding hydrogens is 338 g/mol. The maximum Gasteiger partial charge on any atom is 0.326 e. The van der Waals surface area contributed by atoms with Crippen LogP contribution in [0.5, 0.6) is 0 Å². The molecule has 0 spiro atoms. The largest absolute Gasteiger partial charge is 0.480 e. The first kappa shape index (κ1) is 21.6. The van der Waals surface area contributed by atoms with Crippen LogP contribution in [0.25, 0.3) is 0 Å². The highest BCUT2D eigenvalue weighted by molar-refractivity contribution is 5.92. The molecule has 3 atom stereocenters. The maximum absolute atomic E-state index is 12.6. The van der Waals surface area contributed by atoms with Crippen molar-refractivity contribution in [2.45, 2.75) is 58.7 Å². The molecule has 1 aromatic heterocycles. The highest BCUT2D eigenvalue weighted by Crippen LogP contribution is 2.07. The molecule has 0 aliphatic rings. The summed E-state index contributed by atoms with van der Waals surface area (Å²) in [6.07, 6.45) is 3.44. The van der Waals surface area contributed by atoms with E-state index < -0.39 is 35.9 Å². The molecular formula is C17H29N5O4. The smallest absolute Gasteiger partial charge is 0.326 e. The summed E-state index contributed by atoms with van der Waals surface area (Å²) in [4.78, 5) is 43.0. The van der Waals surface area contributed by atoms with Gasteiger partial charge in [-0.2, -0.15) is 0 Å². The van der Waals surface area contributed by atoms with Gasteiger partial charge < -0.3 is 26.5 Å². The number of nitrogens with zero attached hydrogens (tertiary/aromatic N) is 1. The van der Waals surface area contributed by atoms with Gasteiger partial charge in [0, 0.05) is 18.3 Å². The lowest BCUT2D eigenvalue weighted by molar-refractivity contribution is -0.142. The molecule has 2 amide bonds. The highest BCUT2D eigenvalue weighted by atomic mass is 16.4. The molecule has 146 valence electrons. The number of aromatic amines is 1. The van der Waals surface area contributed by atoms with Crippen molar-refractivity contribution in [2.24, 2.45) is 17.6 Å². The monoisotopic (exact) mass is 367 g/mol. The van der Waals surface area contributed by atoms with Crippen molar-refractivity contribution in [3.63, 3.8) is 0 Å². The van der Waals surface area contributed by atoms with Gasteiger partial charge in [0.2, 0.25) is 11.8 Å². The van der Waals surface area contributed by atoms with Gasteiger partial charge in [-0.25, -0.2) is 9.78 Å². The number of nitrogens with one attached hydrogen (secondary N) is 3. The van der Waals surface area contributed by atoms with Crippen LogP contribution in [0, 0.1) is 11.8 Å². The van der Waals surface area contributed by atoms with E-state index >= 15 is 0 Å². The number of amides is 2. The van der Waals surface area contributed by atoms with Crippen LogP contribution in [0.2, 0.25) is 0 Å². The van der Waals surface area contributed by atoms with Crippen molar-refractivity contribution < 1.29 is 19.5 Å². The average molecular weight is 367 g/mol. The Balaban J connectivity index is 2.89. The van der Waals surface area contributed by atoms with Gasteiger partial charge in [-0.15, -0.1) is 0 Å². The zero-order chi connectivity index (χ0) is 19.9. The number of carbonyl (C=O) groups is 3. The van der Waals surface area contributed by atoms with Crippen LogP contribution >= 0.6 is 0 Å². The molecule has 1 heterocycles. The van der Waals surface area contributed by atoms with Crippen LogP contribution in [0.1, 0.15) is 39.8 Å². The van der Waals surface area contributed by atoms with Crippen molar-refractivity contribution in [1.29, 1.82) is 0 Å². The minimum atomic E-state index is -1.11. The van der Waals surface area contributed by atoms with E-state index in [4.69, 9.17) is 5.73 Å². The van der Waals surface area contributed by atoms with Crippen LogP contribution in [0.15, 0.2) is 12.5 Å². The number of carboxylic acids is 1. The van der Waals surface area contributed by atoms with E-state index in [0.29, 0.717) is 5.69 Å². The summed E-state index contributed by atoms with van der Waals surface area (Å²) in [6.45, 7) is 7.34. The molecule has 6 N–H and O–H groups in total. The zero-order valence-corrected chi connectivity index (χ0v) is 15.7. The molecule has 0 saturated heterocycles.